The van der Waals surface area contributed by atoms with Gasteiger partial charge in [-0.3, -0.25) is 4.98 Å². The second kappa shape index (κ2) is 5.02. The highest BCUT2D eigenvalue weighted by Crippen LogP contribution is 2.32. The van der Waals surface area contributed by atoms with Crippen LogP contribution in [0, 0.1) is 0 Å². The lowest BCUT2D eigenvalue weighted by atomic mass is 9.88. The summed E-state index contributed by atoms with van der Waals surface area (Å²) in [6, 6.07) is 14.8. The van der Waals surface area contributed by atoms with Gasteiger partial charge in [-0.25, -0.2) is 0 Å². The lowest BCUT2D eigenvalue weighted by Crippen LogP contribution is -2.03. The monoisotopic (exact) mass is 285 g/mol. The number of furan rings is 1. The van der Waals surface area contributed by atoms with E-state index >= 15 is 0 Å². The second-order valence-electron chi connectivity index (χ2n) is 5.65. The van der Waals surface area contributed by atoms with E-state index in [1.807, 2.05) is 24.5 Å². The summed E-state index contributed by atoms with van der Waals surface area (Å²) in [5.41, 5.74) is 6.86. The lowest BCUT2D eigenvalue weighted by molar-refractivity contribution is 0.671. The summed E-state index contributed by atoms with van der Waals surface area (Å²) < 4.78 is 6.02. The first-order chi connectivity index (χ1) is 10.8. The fourth-order valence-electron chi connectivity index (χ4n) is 3.14. The van der Waals surface area contributed by atoms with Crippen molar-refractivity contribution in [3.8, 4) is 11.1 Å². The molecule has 0 unspecified atom stereocenters. The lowest BCUT2D eigenvalue weighted by Gasteiger charge is -2.09. The zero-order valence-electron chi connectivity index (χ0n) is 12.8. The van der Waals surface area contributed by atoms with Crippen LogP contribution in [0.3, 0.4) is 0 Å². The van der Waals surface area contributed by atoms with Gasteiger partial charge < -0.3 is 4.42 Å². The minimum atomic E-state index is 0.947. The summed E-state index contributed by atoms with van der Waals surface area (Å²) in [5.74, 6) is 0. The Labute approximate surface area is 130 Å². The smallest absolute Gasteiger partial charge is 0.144 e. The van der Waals surface area contributed by atoms with Crippen LogP contribution in [0.1, 0.15) is 12.5 Å². The molecule has 0 amide bonds. The molecular formula is C19H16BNO. The van der Waals surface area contributed by atoms with E-state index in [-0.39, 0.29) is 0 Å². The standard InChI is InChI=1S/C19H16BNO/c1-2-12-11-21-8-7-14(12)13-9-16-15-5-3-4-6-18(15)22-19(16)17(20)10-13/h3-11H,2,20H2,1H3. The summed E-state index contributed by atoms with van der Waals surface area (Å²) in [6.45, 7) is 2.17. The van der Waals surface area contributed by atoms with Gasteiger partial charge >= 0.3 is 0 Å². The Hall–Kier alpha value is -2.55. The van der Waals surface area contributed by atoms with Crippen LogP contribution in [0.5, 0.6) is 0 Å². The average molecular weight is 285 g/mol. The van der Waals surface area contributed by atoms with Gasteiger partial charge in [-0.05, 0) is 46.8 Å². The highest BCUT2D eigenvalue weighted by Gasteiger charge is 2.12. The molecule has 2 aromatic carbocycles. The Morgan fingerprint density at radius 1 is 1.09 bits per heavy atom. The minimum Gasteiger partial charge on any atom is -0.457 e. The van der Waals surface area contributed by atoms with Crippen LogP contribution >= 0.6 is 0 Å². The predicted molar refractivity (Wildman–Crippen MR) is 94.5 cm³/mol. The van der Waals surface area contributed by atoms with Crippen LogP contribution in [0.15, 0.2) is 59.3 Å². The molecule has 0 N–H and O–H groups in total. The number of para-hydroxylation sites is 1. The van der Waals surface area contributed by atoms with Gasteiger partial charge in [0.2, 0.25) is 0 Å². The SMILES string of the molecule is Bc1cc(-c2ccncc2CC)cc2c1oc1ccccc12. The molecule has 106 valence electrons. The molecule has 0 bridgehead atoms. The first kappa shape index (κ1) is 13.1. The van der Waals surface area contributed by atoms with Crippen LogP contribution in [-0.2, 0) is 6.42 Å². The van der Waals surface area contributed by atoms with Crippen molar-refractivity contribution in [3.63, 3.8) is 0 Å². The molecule has 2 nitrogen and oxygen atoms in total. The molecule has 0 fully saturated rings. The number of rotatable bonds is 2. The third-order valence-corrected chi connectivity index (χ3v) is 4.26. The molecule has 4 aromatic rings. The molecule has 0 aliphatic carbocycles. The second-order valence-corrected chi connectivity index (χ2v) is 5.65. The third-order valence-electron chi connectivity index (χ3n) is 4.26. The number of hydrogen-bond acceptors (Lipinski definition) is 2. The van der Waals surface area contributed by atoms with Crippen molar-refractivity contribution in [1.29, 1.82) is 0 Å². The van der Waals surface area contributed by atoms with Crippen LogP contribution in [-0.4, -0.2) is 12.8 Å². The molecule has 0 spiro atoms. The highest BCUT2D eigenvalue weighted by atomic mass is 16.3. The van der Waals surface area contributed by atoms with Crippen LogP contribution in [0.4, 0.5) is 0 Å². The molecule has 2 heterocycles. The maximum atomic E-state index is 6.02. The Morgan fingerprint density at radius 3 is 2.82 bits per heavy atom. The summed E-state index contributed by atoms with van der Waals surface area (Å²) in [4.78, 5) is 4.25. The van der Waals surface area contributed by atoms with E-state index in [2.05, 4.69) is 50.1 Å². The van der Waals surface area contributed by atoms with Gasteiger partial charge in [0.1, 0.15) is 19.0 Å². The van der Waals surface area contributed by atoms with E-state index in [0.717, 1.165) is 17.6 Å². The first-order valence-corrected chi connectivity index (χ1v) is 7.63. The molecule has 0 saturated carbocycles. The summed E-state index contributed by atoms with van der Waals surface area (Å²) in [7, 11) is 2.11. The maximum absolute atomic E-state index is 6.02. The van der Waals surface area contributed by atoms with Crippen molar-refractivity contribution < 1.29 is 4.42 Å². The predicted octanol–water partition coefficient (Wildman–Crippen LogP) is 3.47. The fraction of sp³-hybridized carbons (Fsp3) is 0.105. The van der Waals surface area contributed by atoms with E-state index < -0.39 is 0 Å². The van der Waals surface area contributed by atoms with Crippen molar-refractivity contribution in [1.82, 2.24) is 4.98 Å². The summed E-state index contributed by atoms with van der Waals surface area (Å²) >= 11 is 0. The Bertz CT molecular complexity index is 987. The molecule has 0 atom stereocenters. The van der Waals surface area contributed by atoms with E-state index in [1.54, 1.807) is 0 Å². The Morgan fingerprint density at radius 2 is 1.95 bits per heavy atom. The number of hydrogen-bond donors (Lipinski definition) is 0. The normalized spacial score (nSPS) is 11.3. The maximum Gasteiger partial charge on any atom is 0.144 e. The molecule has 22 heavy (non-hydrogen) atoms. The van der Waals surface area contributed by atoms with E-state index in [0.29, 0.717) is 0 Å². The van der Waals surface area contributed by atoms with Crippen LogP contribution < -0.4 is 5.46 Å². The first-order valence-electron chi connectivity index (χ1n) is 7.63. The van der Waals surface area contributed by atoms with Gasteiger partial charge in [-0.15, -0.1) is 0 Å². The molecule has 0 aliphatic rings. The molecule has 2 aromatic heterocycles. The number of fused-ring (bicyclic) bond motifs is 3. The van der Waals surface area contributed by atoms with E-state index in [9.17, 15) is 0 Å². The van der Waals surface area contributed by atoms with Gasteiger partial charge in [-0.2, -0.15) is 0 Å². The Kier molecular flexibility index (Phi) is 3.00. The number of benzene rings is 2. The number of pyridine rings is 1. The largest absolute Gasteiger partial charge is 0.457 e. The topological polar surface area (TPSA) is 26.0 Å². The van der Waals surface area contributed by atoms with Crippen molar-refractivity contribution in [2.45, 2.75) is 13.3 Å². The molecule has 4 rings (SSSR count). The Balaban J connectivity index is 2.05. The molecule has 0 aliphatic heterocycles. The quantitative estimate of drug-likeness (QED) is 0.527. The minimum absolute atomic E-state index is 0.947. The van der Waals surface area contributed by atoms with Crippen molar-refractivity contribution in [2.24, 2.45) is 0 Å². The molecular weight excluding hydrogens is 269 g/mol. The van der Waals surface area contributed by atoms with Crippen molar-refractivity contribution in [3.05, 3.63) is 60.4 Å². The zero-order valence-corrected chi connectivity index (χ0v) is 12.8. The van der Waals surface area contributed by atoms with Gasteiger partial charge in [0, 0.05) is 23.2 Å². The average Bonchev–Trinajstić information content (AvgIpc) is 2.94. The van der Waals surface area contributed by atoms with Gasteiger partial charge in [0.15, 0.2) is 0 Å². The number of aryl methyl sites for hydroxylation is 1. The van der Waals surface area contributed by atoms with Crippen molar-refractivity contribution in [2.75, 3.05) is 0 Å². The van der Waals surface area contributed by atoms with Gasteiger partial charge in [-0.1, -0.05) is 31.2 Å². The third kappa shape index (κ3) is 1.93. The number of aromatic nitrogens is 1. The fourth-order valence-corrected chi connectivity index (χ4v) is 3.14. The number of nitrogens with zero attached hydrogens (tertiary/aromatic N) is 1. The van der Waals surface area contributed by atoms with Gasteiger partial charge in [0.25, 0.3) is 0 Å². The highest BCUT2D eigenvalue weighted by molar-refractivity contribution is 6.39. The van der Waals surface area contributed by atoms with Crippen molar-refractivity contribution >= 4 is 35.2 Å². The van der Waals surface area contributed by atoms with Crippen LogP contribution in [0.25, 0.3) is 33.1 Å². The summed E-state index contributed by atoms with van der Waals surface area (Å²) in [6.07, 6.45) is 4.80. The van der Waals surface area contributed by atoms with E-state index in [4.69, 9.17) is 4.42 Å². The molecule has 0 saturated heterocycles. The van der Waals surface area contributed by atoms with Gasteiger partial charge in [0.05, 0.1) is 0 Å². The van der Waals surface area contributed by atoms with Crippen LogP contribution in [0.2, 0.25) is 0 Å². The zero-order chi connectivity index (χ0) is 15.1. The van der Waals surface area contributed by atoms with E-state index in [1.165, 1.54) is 32.9 Å². The summed E-state index contributed by atoms with van der Waals surface area (Å²) in [5, 5.41) is 2.36. The molecule has 0 radical (unpaired) electrons. The molecule has 3 heteroatoms.